The summed E-state index contributed by atoms with van der Waals surface area (Å²) in [5.74, 6) is -0.448. The number of anilines is 1. The van der Waals surface area contributed by atoms with E-state index in [1.165, 1.54) is 6.20 Å². The monoisotopic (exact) mass is 277 g/mol. The lowest BCUT2D eigenvalue weighted by molar-refractivity contribution is -0.112. The largest absolute Gasteiger partial charge is 0.390 e. The molecule has 0 unspecified atom stereocenters. The van der Waals surface area contributed by atoms with Crippen LogP contribution < -0.4 is 10.6 Å². The number of carbonyl (C=O) groups is 1. The van der Waals surface area contributed by atoms with Crippen molar-refractivity contribution in [1.82, 2.24) is 5.32 Å². The lowest BCUT2D eigenvalue weighted by atomic mass is 10.2. The maximum absolute atomic E-state index is 11.9. The van der Waals surface area contributed by atoms with Gasteiger partial charge in [-0.25, -0.2) is 0 Å². The minimum Gasteiger partial charge on any atom is -0.390 e. The molecule has 0 bridgehead atoms. The van der Waals surface area contributed by atoms with E-state index < -0.39 is 5.91 Å². The molecule has 100 valence electrons. The van der Waals surface area contributed by atoms with E-state index in [9.17, 15) is 4.79 Å². The Morgan fingerprint density at radius 3 is 2.89 bits per heavy atom. The molecule has 0 aliphatic rings. The molecule has 5 heteroatoms. The molecule has 0 spiro atoms. The second kappa shape index (κ2) is 7.45. The zero-order valence-electron chi connectivity index (χ0n) is 11.0. The highest BCUT2D eigenvalue weighted by Crippen LogP contribution is 2.20. The molecule has 0 saturated heterocycles. The van der Waals surface area contributed by atoms with E-state index in [1.807, 2.05) is 26.0 Å². The molecule has 1 rings (SSSR count). The third-order valence-corrected chi connectivity index (χ3v) is 2.69. The Bertz CT molecular complexity index is 532. The summed E-state index contributed by atoms with van der Waals surface area (Å²) in [5.41, 5.74) is 1.53. The van der Waals surface area contributed by atoms with Crippen LogP contribution in [-0.4, -0.2) is 12.5 Å². The first-order chi connectivity index (χ1) is 9.08. The third kappa shape index (κ3) is 4.65. The zero-order valence-corrected chi connectivity index (χ0v) is 11.7. The number of benzene rings is 1. The molecular weight excluding hydrogens is 262 g/mol. The summed E-state index contributed by atoms with van der Waals surface area (Å²) in [6.45, 7) is 4.58. The second-order valence-corrected chi connectivity index (χ2v) is 4.47. The number of carbonyl (C=O) groups excluding carboxylic acids is 1. The number of nitrogens with zero attached hydrogens (tertiary/aromatic N) is 1. The van der Waals surface area contributed by atoms with Crippen LogP contribution in [0.1, 0.15) is 18.9 Å². The van der Waals surface area contributed by atoms with Gasteiger partial charge in [0.2, 0.25) is 0 Å². The quantitative estimate of drug-likeness (QED) is 0.494. The summed E-state index contributed by atoms with van der Waals surface area (Å²) in [4.78, 5) is 11.9. The summed E-state index contributed by atoms with van der Waals surface area (Å²) >= 11 is 5.87. The SMILES string of the molecule is CCCN/C=C(/C#N)C(=O)Nc1cc(Cl)ccc1C. The number of rotatable bonds is 5. The van der Waals surface area contributed by atoms with E-state index in [0.717, 1.165) is 12.0 Å². The van der Waals surface area contributed by atoms with E-state index in [-0.39, 0.29) is 5.57 Å². The molecule has 0 saturated carbocycles. The molecule has 0 fully saturated rings. The molecule has 0 heterocycles. The van der Waals surface area contributed by atoms with Gasteiger partial charge in [-0.05, 0) is 31.0 Å². The van der Waals surface area contributed by atoms with Crippen molar-refractivity contribution < 1.29 is 4.79 Å². The number of amides is 1. The van der Waals surface area contributed by atoms with Crippen molar-refractivity contribution in [3.8, 4) is 6.07 Å². The van der Waals surface area contributed by atoms with Gasteiger partial charge in [0.1, 0.15) is 11.6 Å². The van der Waals surface area contributed by atoms with Crippen LogP contribution in [0.5, 0.6) is 0 Å². The van der Waals surface area contributed by atoms with Gasteiger partial charge < -0.3 is 10.6 Å². The molecule has 4 nitrogen and oxygen atoms in total. The minimum atomic E-state index is -0.448. The molecule has 0 atom stereocenters. The Morgan fingerprint density at radius 2 is 2.26 bits per heavy atom. The highest BCUT2D eigenvalue weighted by molar-refractivity contribution is 6.31. The normalized spacial score (nSPS) is 10.7. The van der Waals surface area contributed by atoms with Gasteiger partial charge in [0.15, 0.2) is 0 Å². The van der Waals surface area contributed by atoms with Gasteiger partial charge >= 0.3 is 0 Å². The predicted octanol–water partition coefficient (Wildman–Crippen LogP) is 2.99. The van der Waals surface area contributed by atoms with E-state index in [1.54, 1.807) is 12.1 Å². The Morgan fingerprint density at radius 1 is 1.53 bits per heavy atom. The second-order valence-electron chi connectivity index (χ2n) is 4.04. The van der Waals surface area contributed by atoms with Crippen LogP contribution in [-0.2, 0) is 4.79 Å². The molecule has 1 amide bonds. The number of hydrogen-bond donors (Lipinski definition) is 2. The van der Waals surface area contributed by atoms with Crippen molar-refractivity contribution in [1.29, 1.82) is 5.26 Å². The number of nitrogens with one attached hydrogen (secondary N) is 2. The van der Waals surface area contributed by atoms with Crippen molar-refractivity contribution >= 4 is 23.2 Å². The fourth-order valence-electron chi connectivity index (χ4n) is 1.39. The van der Waals surface area contributed by atoms with E-state index in [0.29, 0.717) is 17.3 Å². The highest BCUT2D eigenvalue weighted by atomic mass is 35.5. The van der Waals surface area contributed by atoms with E-state index >= 15 is 0 Å². The first kappa shape index (κ1) is 15.1. The maximum Gasteiger partial charge on any atom is 0.267 e. The standard InChI is InChI=1S/C14H16ClN3O/c1-3-6-17-9-11(8-16)14(19)18-13-7-12(15)5-4-10(13)2/h4-5,7,9,17H,3,6H2,1-2H3,(H,18,19)/b11-9-. The lowest BCUT2D eigenvalue weighted by Gasteiger charge is -2.08. The lowest BCUT2D eigenvalue weighted by Crippen LogP contribution is -2.17. The molecule has 19 heavy (non-hydrogen) atoms. The fraction of sp³-hybridized carbons (Fsp3) is 0.286. The number of halogens is 1. The van der Waals surface area contributed by atoms with Crippen LogP contribution in [0.2, 0.25) is 5.02 Å². The first-order valence-electron chi connectivity index (χ1n) is 5.99. The van der Waals surface area contributed by atoms with Crippen molar-refractivity contribution in [2.24, 2.45) is 0 Å². The van der Waals surface area contributed by atoms with Crippen LogP contribution in [0, 0.1) is 18.3 Å². The summed E-state index contributed by atoms with van der Waals surface area (Å²) in [6.07, 6.45) is 2.35. The average molecular weight is 278 g/mol. The Hall–Kier alpha value is -1.99. The number of nitriles is 1. The Balaban J connectivity index is 2.80. The van der Waals surface area contributed by atoms with Gasteiger partial charge in [0.05, 0.1) is 0 Å². The van der Waals surface area contributed by atoms with Crippen LogP contribution in [0.3, 0.4) is 0 Å². The Kier molecular flexibility index (Phi) is 5.91. The molecule has 0 aliphatic carbocycles. The molecule has 0 aliphatic heterocycles. The number of hydrogen-bond acceptors (Lipinski definition) is 3. The van der Waals surface area contributed by atoms with Crippen LogP contribution in [0.25, 0.3) is 0 Å². The average Bonchev–Trinajstić information content (AvgIpc) is 2.39. The van der Waals surface area contributed by atoms with Gasteiger partial charge in [-0.3, -0.25) is 4.79 Å². The summed E-state index contributed by atoms with van der Waals surface area (Å²) in [7, 11) is 0. The van der Waals surface area contributed by atoms with Crippen molar-refractivity contribution in [3.05, 3.63) is 40.6 Å². The molecule has 0 aromatic heterocycles. The van der Waals surface area contributed by atoms with Crippen LogP contribution >= 0.6 is 11.6 Å². The summed E-state index contributed by atoms with van der Waals surface area (Å²) < 4.78 is 0. The van der Waals surface area contributed by atoms with E-state index in [4.69, 9.17) is 16.9 Å². The molecular formula is C14H16ClN3O. The highest BCUT2D eigenvalue weighted by Gasteiger charge is 2.10. The third-order valence-electron chi connectivity index (χ3n) is 2.45. The van der Waals surface area contributed by atoms with Gasteiger partial charge in [-0.1, -0.05) is 24.6 Å². The molecule has 0 radical (unpaired) electrons. The van der Waals surface area contributed by atoms with Crippen molar-refractivity contribution in [2.75, 3.05) is 11.9 Å². The van der Waals surface area contributed by atoms with Gasteiger partial charge in [0.25, 0.3) is 5.91 Å². The van der Waals surface area contributed by atoms with Gasteiger partial charge in [0, 0.05) is 23.5 Å². The van der Waals surface area contributed by atoms with Crippen molar-refractivity contribution in [3.63, 3.8) is 0 Å². The van der Waals surface area contributed by atoms with Crippen molar-refractivity contribution in [2.45, 2.75) is 20.3 Å². The molecule has 1 aromatic carbocycles. The van der Waals surface area contributed by atoms with Gasteiger partial charge in [-0.15, -0.1) is 0 Å². The minimum absolute atomic E-state index is 0.0350. The predicted molar refractivity (Wildman–Crippen MR) is 76.8 cm³/mol. The summed E-state index contributed by atoms with van der Waals surface area (Å²) in [5, 5.41) is 15.1. The smallest absolute Gasteiger partial charge is 0.267 e. The zero-order chi connectivity index (χ0) is 14.3. The summed E-state index contributed by atoms with van der Waals surface area (Å²) in [6, 6.07) is 7.08. The molecule has 2 N–H and O–H groups in total. The maximum atomic E-state index is 11.9. The molecule has 1 aromatic rings. The van der Waals surface area contributed by atoms with Crippen LogP contribution in [0.4, 0.5) is 5.69 Å². The Labute approximate surface area is 118 Å². The number of aryl methyl sites for hydroxylation is 1. The van der Waals surface area contributed by atoms with E-state index in [2.05, 4.69) is 10.6 Å². The topological polar surface area (TPSA) is 64.9 Å². The first-order valence-corrected chi connectivity index (χ1v) is 6.37. The van der Waals surface area contributed by atoms with Gasteiger partial charge in [-0.2, -0.15) is 5.26 Å². The van der Waals surface area contributed by atoms with Crippen LogP contribution in [0.15, 0.2) is 30.0 Å². The fourth-order valence-corrected chi connectivity index (χ4v) is 1.56.